The van der Waals surface area contributed by atoms with Gasteiger partial charge in [-0.1, -0.05) is 11.6 Å². The van der Waals surface area contributed by atoms with Crippen LogP contribution in [0.3, 0.4) is 0 Å². The first-order chi connectivity index (χ1) is 13.5. The van der Waals surface area contributed by atoms with Crippen molar-refractivity contribution < 1.29 is 9.53 Å². The van der Waals surface area contributed by atoms with Crippen molar-refractivity contribution in [1.82, 2.24) is 14.1 Å². The average Bonchev–Trinajstić information content (AvgIpc) is 2.69. The number of hydrogen-bond acceptors (Lipinski definition) is 5. The Morgan fingerprint density at radius 1 is 1.14 bits per heavy atom. The van der Waals surface area contributed by atoms with E-state index in [-0.39, 0.29) is 11.7 Å². The maximum atomic E-state index is 12.4. The summed E-state index contributed by atoms with van der Waals surface area (Å²) in [6.07, 6.45) is 4.30. The van der Waals surface area contributed by atoms with E-state index >= 15 is 0 Å². The molecule has 3 aromatic rings. The lowest BCUT2D eigenvalue weighted by Gasteiger charge is -2.10. The van der Waals surface area contributed by atoms with Crippen LogP contribution < -0.4 is 21.2 Å². The smallest absolute Gasteiger partial charge is 0.320 e. The predicted molar refractivity (Wildman–Crippen MR) is 105 cm³/mol. The molecule has 0 aliphatic rings. The second kappa shape index (κ2) is 8.53. The number of anilines is 1. The van der Waals surface area contributed by atoms with Crippen molar-refractivity contribution in [2.24, 2.45) is 0 Å². The van der Waals surface area contributed by atoms with Crippen molar-refractivity contribution in [2.75, 3.05) is 11.9 Å². The maximum absolute atomic E-state index is 12.4. The van der Waals surface area contributed by atoms with Gasteiger partial charge in [-0.25, -0.2) is 4.98 Å². The molecule has 144 valence electrons. The summed E-state index contributed by atoms with van der Waals surface area (Å²) >= 11 is 5.89. The molecule has 0 saturated heterocycles. The second-order valence-corrected chi connectivity index (χ2v) is 6.08. The molecular weight excluding hydrogens is 384 g/mol. The van der Waals surface area contributed by atoms with Crippen LogP contribution in [0.2, 0.25) is 5.15 Å². The number of benzene rings is 1. The van der Waals surface area contributed by atoms with E-state index < -0.39 is 17.0 Å². The zero-order valence-corrected chi connectivity index (χ0v) is 15.7. The summed E-state index contributed by atoms with van der Waals surface area (Å²) in [5, 5.41) is 2.69. The standard InChI is InChI=1S/C19H17ClN4O4/c1-2-28-14-7-5-13(6-8-14)24-11-10-23(18(26)19(24)27)12-16(25)22-15-4-3-9-21-17(15)20/h3-11H,2,12H2,1H3,(H,22,25). The van der Waals surface area contributed by atoms with Crippen molar-refractivity contribution in [3.63, 3.8) is 0 Å². The number of pyridine rings is 1. The van der Waals surface area contributed by atoms with Crippen LogP contribution in [0.4, 0.5) is 5.69 Å². The molecule has 0 bridgehead atoms. The van der Waals surface area contributed by atoms with Crippen LogP contribution in [0, 0.1) is 0 Å². The van der Waals surface area contributed by atoms with Gasteiger partial charge < -0.3 is 10.1 Å². The van der Waals surface area contributed by atoms with Gasteiger partial charge >= 0.3 is 11.1 Å². The molecule has 0 spiro atoms. The van der Waals surface area contributed by atoms with E-state index in [0.717, 1.165) is 4.57 Å². The summed E-state index contributed by atoms with van der Waals surface area (Å²) < 4.78 is 7.61. The summed E-state index contributed by atoms with van der Waals surface area (Å²) in [6, 6.07) is 9.97. The summed E-state index contributed by atoms with van der Waals surface area (Å²) in [4.78, 5) is 40.8. The lowest BCUT2D eigenvalue weighted by Crippen LogP contribution is -2.41. The minimum absolute atomic E-state index is 0.133. The predicted octanol–water partition coefficient (Wildman–Crippen LogP) is 2.08. The number of carbonyl (C=O) groups is 1. The largest absolute Gasteiger partial charge is 0.494 e. The molecule has 1 N–H and O–H groups in total. The van der Waals surface area contributed by atoms with Crippen molar-refractivity contribution in [2.45, 2.75) is 13.5 Å². The number of nitrogens with zero attached hydrogens (tertiary/aromatic N) is 3. The summed E-state index contributed by atoms with van der Waals surface area (Å²) in [5.74, 6) is 0.161. The molecule has 0 aliphatic heterocycles. The SMILES string of the molecule is CCOc1ccc(-n2ccn(CC(=O)Nc3cccnc3Cl)c(=O)c2=O)cc1. The van der Waals surface area contributed by atoms with E-state index in [1.807, 2.05) is 6.92 Å². The molecule has 0 aliphatic carbocycles. The van der Waals surface area contributed by atoms with Gasteiger partial charge in [-0.2, -0.15) is 0 Å². The summed E-state index contributed by atoms with van der Waals surface area (Å²) in [5.41, 5.74) is -0.739. The maximum Gasteiger partial charge on any atom is 0.320 e. The first-order valence-electron chi connectivity index (χ1n) is 8.45. The topological polar surface area (TPSA) is 95.2 Å². The first-order valence-corrected chi connectivity index (χ1v) is 8.83. The molecule has 0 unspecified atom stereocenters. The third kappa shape index (κ3) is 4.29. The first kappa shape index (κ1) is 19.4. The van der Waals surface area contributed by atoms with E-state index in [1.165, 1.54) is 23.2 Å². The molecule has 2 aromatic heterocycles. The van der Waals surface area contributed by atoms with Gasteiger partial charge in [0.05, 0.1) is 12.3 Å². The Labute approximate surface area is 165 Å². The molecular formula is C19H17ClN4O4. The number of amides is 1. The molecule has 0 saturated carbocycles. The average molecular weight is 401 g/mol. The van der Waals surface area contributed by atoms with Crippen LogP contribution in [0.25, 0.3) is 5.69 Å². The molecule has 1 aromatic carbocycles. The zero-order chi connectivity index (χ0) is 20.1. The molecule has 8 nitrogen and oxygen atoms in total. The highest BCUT2D eigenvalue weighted by Crippen LogP contribution is 2.17. The molecule has 9 heteroatoms. The zero-order valence-electron chi connectivity index (χ0n) is 15.0. The van der Waals surface area contributed by atoms with E-state index in [0.29, 0.717) is 23.7 Å². The molecule has 0 radical (unpaired) electrons. The van der Waals surface area contributed by atoms with Crippen LogP contribution in [0.15, 0.2) is 64.6 Å². The Balaban J connectivity index is 1.80. The summed E-state index contributed by atoms with van der Waals surface area (Å²) in [7, 11) is 0. The van der Waals surface area contributed by atoms with Crippen molar-refractivity contribution >= 4 is 23.2 Å². The number of nitrogens with one attached hydrogen (secondary N) is 1. The van der Waals surface area contributed by atoms with Gasteiger partial charge in [0.1, 0.15) is 12.3 Å². The Kier molecular flexibility index (Phi) is 5.90. The fraction of sp³-hybridized carbons (Fsp3) is 0.158. The lowest BCUT2D eigenvalue weighted by atomic mass is 10.3. The highest BCUT2D eigenvalue weighted by molar-refractivity contribution is 6.32. The fourth-order valence-corrected chi connectivity index (χ4v) is 2.70. The van der Waals surface area contributed by atoms with Crippen LogP contribution in [-0.4, -0.2) is 26.6 Å². The minimum atomic E-state index is -0.816. The van der Waals surface area contributed by atoms with Gasteiger partial charge in [0.15, 0.2) is 5.15 Å². The van der Waals surface area contributed by atoms with Gasteiger partial charge in [0.2, 0.25) is 5.91 Å². The molecule has 1 amide bonds. The number of hydrogen-bond donors (Lipinski definition) is 1. The Morgan fingerprint density at radius 2 is 1.89 bits per heavy atom. The second-order valence-electron chi connectivity index (χ2n) is 5.72. The molecule has 0 atom stereocenters. The number of rotatable bonds is 6. The van der Waals surface area contributed by atoms with E-state index in [4.69, 9.17) is 16.3 Å². The molecule has 0 fully saturated rings. The number of ether oxygens (including phenoxy) is 1. The van der Waals surface area contributed by atoms with E-state index in [9.17, 15) is 14.4 Å². The summed E-state index contributed by atoms with van der Waals surface area (Å²) in [6.45, 7) is 2.07. The Morgan fingerprint density at radius 3 is 2.57 bits per heavy atom. The third-order valence-corrected chi connectivity index (χ3v) is 4.13. The molecule has 28 heavy (non-hydrogen) atoms. The molecule has 2 heterocycles. The van der Waals surface area contributed by atoms with Crippen LogP contribution in [0.1, 0.15) is 6.92 Å². The van der Waals surface area contributed by atoms with Crippen LogP contribution in [-0.2, 0) is 11.3 Å². The fourth-order valence-electron chi connectivity index (χ4n) is 2.53. The lowest BCUT2D eigenvalue weighted by molar-refractivity contribution is -0.116. The van der Waals surface area contributed by atoms with Gasteiger partial charge in [-0.05, 0) is 43.3 Å². The van der Waals surface area contributed by atoms with Crippen molar-refractivity contribution in [1.29, 1.82) is 0 Å². The van der Waals surface area contributed by atoms with Gasteiger partial charge in [-0.15, -0.1) is 0 Å². The van der Waals surface area contributed by atoms with Crippen LogP contribution in [0.5, 0.6) is 5.75 Å². The highest BCUT2D eigenvalue weighted by atomic mass is 35.5. The van der Waals surface area contributed by atoms with Crippen molar-refractivity contribution in [3.05, 3.63) is 80.8 Å². The molecule has 3 rings (SSSR count). The van der Waals surface area contributed by atoms with Crippen molar-refractivity contribution in [3.8, 4) is 11.4 Å². The number of aromatic nitrogens is 3. The minimum Gasteiger partial charge on any atom is -0.494 e. The van der Waals surface area contributed by atoms with E-state index in [2.05, 4.69) is 10.3 Å². The normalized spacial score (nSPS) is 10.5. The number of carbonyl (C=O) groups excluding carboxylic acids is 1. The van der Waals surface area contributed by atoms with E-state index in [1.54, 1.807) is 36.4 Å². The Bertz CT molecular complexity index is 1110. The third-order valence-electron chi connectivity index (χ3n) is 3.83. The number of halogens is 1. The highest BCUT2D eigenvalue weighted by Gasteiger charge is 2.11. The Hall–Kier alpha value is -3.39. The quantitative estimate of drug-likeness (QED) is 0.505. The van der Waals surface area contributed by atoms with Gasteiger partial charge in [-0.3, -0.25) is 23.5 Å². The van der Waals surface area contributed by atoms with Gasteiger partial charge in [0, 0.05) is 24.3 Å². The van der Waals surface area contributed by atoms with Gasteiger partial charge in [0.25, 0.3) is 0 Å². The van der Waals surface area contributed by atoms with Crippen LogP contribution >= 0.6 is 11.6 Å². The monoisotopic (exact) mass is 400 g/mol.